The number of amides is 2. The summed E-state index contributed by atoms with van der Waals surface area (Å²) in [6.45, 7) is 9.47. The van der Waals surface area contributed by atoms with Crippen LogP contribution in [0.2, 0.25) is 0 Å². The molecule has 1 aromatic heterocycles. The number of benzene rings is 1. The first-order valence-corrected chi connectivity index (χ1v) is 19.0. The Morgan fingerprint density at radius 1 is 1.04 bits per heavy atom. The van der Waals surface area contributed by atoms with Gasteiger partial charge in [0, 0.05) is 24.3 Å². The standard InChI is InChI=1S/C37H47N3O9S/c1-5-24-20-37(24,35(44)39-50(45,46)49-26-15-16-26)21-31(41)30-18-27(47-32-17-14-23-10-6-9-13-29(23)38-32)22-40(30)34(43)28(36(2,3)4)19-33(42)48-25-11-7-8-12-25/h5-6,9-10,13-14,17,24-28,30H,1,7-8,11-12,15-16,18-22H2,2-4H3,(H,39,44)/t24-,27-,28-,30+,37-/m1/s1. The minimum absolute atomic E-state index is 0.0572. The number of fused-ring (bicyclic) bond motifs is 1. The molecule has 1 aliphatic heterocycles. The predicted octanol–water partition coefficient (Wildman–Crippen LogP) is 4.81. The lowest BCUT2D eigenvalue weighted by molar-refractivity contribution is -0.156. The van der Waals surface area contributed by atoms with E-state index in [1.807, 2.05) is 55.8 Å². The molecule has 0 radical (unpaired) electrons. The first kappa shape index (κ1) is 36.0. The number of carbonyl (C=O) groups excluding carboxylic acids is 4. The Morgan fingerprint density at radius 2 is 1.76 bits per heavy atom. The van der Waals surface area contributed by atoms with Gasteiger partial charge in [-0.2, -0.15) is 8.42 Å². The van der Waals surface area contributed by atoms with Crippen LogP contribution in [0.4, 0.5) is 0 Å². The summed E-state index contributed by atoms with van der Waals surface area (Å²) in [6.07, 6.45) is 5.01. The number of likely N-dealkylation sites (tertiary alicyclic amines) is 1. The van der Waals surface area contributed by atoms with Gasteiger partial charge in [0.25, 0.3) is 0 Å². The van der Waals surface area contributed by atoms with E-state index >= 15 is 0 Å². The molecule has 0 unspecified atom stereocenters. The SMILES string of the molecule is C=C[C@@H]1C[C@]1(CC(=O)[C@@H]1C[C@@H](Oc2ccc3ccccc3n2)CN1C(=O)[C@@H](CC(=O)OC1CCCC1)C(C)(C)C)C(=O)NS(=O)(=O)OC1CC1. The molecule has 13 heteroatoms. The fraction of sp³-hybridized carbons (Fsp3) is 0.595. The number of ether oxygens (including phenoxy) is 2. The number of ketones is 1. The molecule has 2 heterocycles. The van der Waals surface area contributed by atoms with E-state index < -0.39 is 68.9 Å². The van der Waals surface area contributed by atoms with Gasteiger partial charge < -0.3 is 14.4 Å². The van der Waals surface area contributed by atoms with Crippen molar-refractivity contribution in [3.63, 3.8) is 0 Å². The van der Waals surface area contributed by atoms with Crippen LogP contribution in [0.3, 0.4) is 0 Å². The summed E-state index contributed by atoms with van der Waals surface area (Å²) < 4.78 is 44.1. The Morgan fingerprint density at radius 3 is 2.42 bits per heavy atom. The molecule has 4 fully saturated rings. The van der Waals surface area contributed by atoms with Gasteiger partial charge in [-0.25, -0.2) is 9.71 Å². The number of nitrogens with zero attached hydrogens (tertiary/aromatic N) is 2. The van der Waals surface area contributed by atoms with E-state index in [-0.39, 0.29) is 44.2 Å². The summed E-state index contributed by atoms with van der Waals surface area (Å²) in [4.78, 5) is 61.4. The van der Waals surface area contributed by atoms with Gasteiger partial charge in [0.15, 0.2) is 5.78 Å². The monoisotopic (exact) mass is 709 g/mol. The van der Waals surface area contributed by atoms with Gasteiger partial charge in [-0.3, -0.25) is 23.4 Å². The maximum atomic E-state index is 14.5. The van der Waals surface area contributed by atoms with Gasteiger partial charge >= 0.3 is 16.3 Å². The molecule has 1 saturated heterocycles. The summed E-state index contributed by atoms with van der Waals surface area (Å²) in [7, 11) is -4.36. The van der Waals surface area contributed by atoms with Crippen molar-refractivity contribution in [3.05, 3.63) is 49.1 Å². The zero-order chi connectivity index (χ0) is 35.8. The average molecular weight is 710 g/mol. The Balaban J connectivity index is 1.24. The molecule has 270 valence electrons. The molecular weight excluding hydrogens is 662 g/mol. The Labute approximate surface area is 293 Å². The lowest BCUT2D eigenvalue weighted by atomic mass is 9.77. The van der Waals surface area contributed by atoms with Crippen molar-refractivity contribution in [2.45, 2.75) is 109 Å². The van der Waals surface area contributed by atoms with Crippen LogP contribution in [-0.4, -0.2) is 72.8 Å². The lowest BCUT2D eigenvalue weighted by Gasteiger charge is -2.35. The first-order chi connectivity index (χ1) is 23.7. The Hall–Kier alpha value is -3.84. The molecule has 1 N–H and O–H groups in total. The Kier molecular flexibility index (Phi) is 10.1. The number of rotatable bonds is 14. The normalized spacial score (nSPS) is 26.0. The van der Waals surface area contributed by atoms with Crippen molar-refractivity contribution in [2.75, 3.05) is 6.54 Å². The molecular formula is C37H47N3O9S. The van der Waals surface area contributed by atoms with Crippen molar-refractivity contribution in [3.8, 4) is 5.88 Å². The molecule has 0 spiro atoms. The van der Waals surface area contributed by atoms with Gasteiger partial charge in [0.1, 0.15) is 12.2 Å². The van der Waals surface area contributed by atoms with Crippen LogP contribution in [0.25, 0.3) is 10.9 Å². The second-order valence-electron chi connectivity index (χ2n) is 15.4. The molecule has 4 aliphatic rings. The molecule has 12 nitrogen and oxygen atoms in total. The summed E-state index contributed by atoms with van der Waals surface area (Å²) >= 11 is 0. The molecule has 6 rings (SSSR count). The fourth-order valence-electron chi connectivity index (χ4n) is 7.28. The topological polar surface area (TPSA) is 158 Å². The number of aromatic nitrogens is 1. The van der Waals surface area contributed by atoms with Crippen molar-refractivity contribution in [2.24, 2.45) is 22.7 Å². The highest BCUT2D eigenvalue weighted by molar-refractivity contribution is 7.85. The van der Waals surface area contributed by atoms with E-state index in [4.69, 9.17) is 13.7 Å². The third kappa shape index (κ3) is 8.20. The maximum absolute atomic E-state index is 14.5. The second-order valence-corrected chi connectivity index (χ2v) is 16.7. The van der Waals surface area contributed by atoms with Crippen LogP contribution in [0.1, 0.15) is 85.0 Å². The van der Waals surface area contributed by atoms with Gasteiger partial charge in [-0.15, -0.1) is 6.58 Å². The number of allylic oxidation sites excluding steroid dienone is 1. The fourth-order valence-corrected chi connectivity index (χ4v) is 8.31. The number of hydrogen-bond acceptors (Lipinski definition) is 10. The molecule has 3 aliphatic carbocycles. The molecule has 2 amide bonds. The molecule has 1 aromatic carbocycles. The van der Waals surface area contributed by atoms with Crippen molar-refractivity contribution in [1.82, 2.24) is 14.6 Å². The third-order valence-corrected chi connectivity index (χ3v) is 11.4. The van der Waals surface area contributed by atoms with E-state index in [2.05, 4.69) is 11.6 Å². The number of Topliss-reactive ketones (excluding diaryl/α,β-unsaturated/α-hetero) is 1. The van der Waals surface area contributed by atoms with E-state index in [0.717, 1.165) is 36.6 Å². The summed E-state index contributed by atoms with van der Waals surface area (Å²) in [5, 5.41) is 0.933. The van der Waals surface area contributed by atoms with E-state index in [0.29, 0.717) is 18.7 Å². The van der Waals surface area contributed by atoms with Gasteiger partial charge in [-0.1, -0.05) is 45.0 Å². The minimum atomic E-state index is -4.36. The smallest absolute Gasteiger partial charge is 0.362 e. The van der Waals surface area contributed by atoms with E-state index in [9.17, 15) is 27.6 Å². The quantitative estimate of drug-likeness (QED) is 0.213. The number of pyridine rings is 1. The summed E-state index contributed by atoms with van der Waals surface area (Å²) in [6, 6.07) is 10.2. The maximum Gasteiger partial charge on any atom is 0.362 e. The Bertz CT molecular complexity index is 1760. The number of para-hydroxylation sites is 1. The van der Waals surface area contributed by atoms with Crippen LogP contribution in [0.15, 0.2) is 49.1 Å². The minimum Gasteiger partial charge on any atom is -0.472 e. The second kappa shape index (κ2) is 14.1. The largest absolute Gasteiger partial charge is 0.472 e. The number of carbonyl (C=O) groups is 4. The average Bonchev–Trinajstić information content (AvgIpc) is 3.88. The number of esters is 1. The van der Waals surface area contributed by atoms with Crippen molar-refractivity contribution in [1.29, 1.82) is 0 Å². The summed E-state index contributed by atoms with van der Waals surface area (Å²) in [5.74, 6) is -2.96. The highest BCUT2D eigenvalue weighted by Crippen LogP contribution is 2.57. The number of hydrogen-bond donors (Lipinski definition) is 1. The van der Waals surface area contributed by atoms with Crippen LogP contribution < -0.4 is 9.46 Å². The van der Waals surface area contributed by atoms with Crippen molar-refractivity contribution >= 4 is 44.8 Å². The van der Waals surface area contributed by atoms with Gasteiger partial charge in [-0.05, 0) is 68.4 Å². The van der Waals surface area contributed by atoms with Crippen LogP contribution in [-0.2, 0) is 38.4 Å². The van der Waals surface area contributed by atoms with E-state index in [1.165, 1.54) is 4.90 Å². The van der Waals surface area contributed by atoms with Crippen LogP contribution in [0.5, 0.6) is 5.88 Å². The van der Waals surface area contributed by atoms with Crippen LogP contribution >= 0.6 is 0 Å². The van der Waals surface area contributed by atoms with Gasteiger partial charge in [0.2, 0.25) is 17.7 Å². The summed E-state index contributed by atoms with van der Waals surface area (Å²) in [5.41, 5.74) is -1.27. The third-order valence-electron chi connectivity index (χ3n) is 10.5. The highest BCUT2D eigenvalue weighted by atomic mass is 32.2. The zero-order valence-corrected chi connectivity index (χ0v) is 29.8. The lowest BCUT2D eigenvalue weighted by Crippen LogP contribution is -2.48. The zero-order valence-electron chi connectivity index (χ0n) is 29.0. The van der Waals surface area contributed by atoms with E-state index in [1.54, 1.807) is 12.1 Å². The molecule has 2 aromatic rings. The number of nitrogens with one attached hydrogen (secondary N) is 1. The molecule has 3 saturated carbocycles. The molecule has 50 heavy (non-hydrogen) atoms. The molecule has 5 atom stereocenters. The predicted molar refractivity (Wildman–Crippen MR) is 184 cm³/mol. The highest BCUT2D eigenvalue weighted by Gasteiger charge is 2.61. The van der Waals surface area contributed by atoms with Crippen LogP contribution in [0, 0.1) is 22.7 Å². The van der Waals surface area contributed by atoms with Crippen molar-refractivity contribution < 1.29 is 41.3 Å². The first-order valence-electron chi connectivity index (χ1n) is 17.6. The van der Waals surface area contributed by atoms with Gasteiger partial charge in [0.05, 0.1) is 42.0 Å². The molecule has 0 bridgehead atoms.